The molecule has 0 aliphatic rings. The minimum atomic E-state index is -3.67. The fraction of sp³-hybridized carbons (Fsp3) is 1.00. The van der Waals surface area contributed by atoms with Crippen molar-refractivity contribution >= 4 is 19.9 Å². The van der Waals surface area contributed by atoms with Crippen molar-refractivity contribution in [3.63, 3.8) is 0 Å². The number of nitrogens with one attached hydrogen (secondary N) is 1. The molecule has 0 saturated heterocycles. The van der Waals surface area contributed by atoms with E-state index < -0.39 is 9.24 Å². The summed E-state index contributed by atoms with van der Waals surface area (Å²) in [6, 6.07) is 0. The van der Waals surface area contributed by atoms with E-state index in [1.807, 2.05) is 0 Å². The summed E-state index contributed by atoms with van der Waals surface area (Å²) in [5.74, 6) is 0. The van der Waals surface area contributed by atoms with Gasteiger partial charge in [0.15, 0.2) is 0 Å². The van der Waals surface area contributed by atoms with Crippen LogP contribution in [-0.4, -0.2) is 15.5 Å². The third kappa shape index (κ3) is 6.16. The van der Waals surface area contributed by atoms with Crippen LogP contribution in [0.25, 0.3) is 0 Å². The first-order valence-electron chi connectivity index (χ1n) is 1.30. The second kappa shape index (κ2) is 2.46. The van der Waals surface area contributed by atoms with Gasteiger partial charge in [0.05, 0.1) is 7.11 Å². The maximum atomic E-state index is 9.76. The second-order valence-corrected chi connectivity index (χ2v) is 2.99. The van der Waals surface area contributed by atoms with E-state index in [2.05, 4.69) is 15.5 Å². The lowest BCUT2D eigenvalue weighted by molar-refractivity contribution is 0.155. The monoisotopic (exact) mass is 145 g/mol. The molecule has 0 aliphatic carbocycles. The van der Waals surface area contributed by atoms with Gasteiger partial charge in [-0.1, -0.05) is 4.89 Å². The Hall–Kier alpha value is 0.160. The highest BCUT2D eigenvalue weighted by Crippen LogP contribution is 1.85. The van der Waals surface area contributed by atoms with Gasteiger partial charge in [0, 0.05) is 10.7 Å². The molecule has 0 radical (unpaired) electrons. The van der Waals surface area contributed by atoms with Gasteiger partial charge in [-0.15, -0.1) is 0 Å². The van der Waals surface area contributed by atoms with Crippen LogP contribution in [0, 0.1) is 0 Å². The van der Waals surface area contributed by atoms with Crippen molar-refractivity contribution in [3.8, 4) is 0 Å². The van der Waals surface area contributed by atoms with Crippen molar-refractivity contribution < 1.29 is 13.3 Å². The molecule has 0 amide bonds. The topological polar surface area (TPSA) is 55.4 Å². The third-order valence-electron chi connectivity index (χ3n) is 0.183. The van der Waals surface area contributed by atoms with Crippen LogP contribution in [0.5, 0.6) is 0 Å². The van der Waals surface area contributed by atoms with Crippen molar-refractivity contribution in [1.29, 1.82) is 0 Å². The fourth-order valence-electron chi connectivity index (χ4n) is 0.0995. The van der Waals surface area contributed by atoms with Gasteiger partial charge in [0.1, 0.15) is 0 Å². The summed E-state index contributed by atoms with van der Waals surface area (Å²) in [6.45, 7) is 0. The summed E-state index contributed by atoms with van der Waals surface area (Å²) < 4.78 is 19.5. The standard InChI is InChI=1S/CH4ClNO3S/c1-6-3-7(2,4)5/h3H,1H3. The van der Waals surface area contributed by atoms with E-state index in [0.717, 1.165) is 7.11 Å². The summed E-state index contributed by atoms with van der Waals surface area (Å²) in [5, 5.41) is 0. The summed E-state index contributed by atoms with van der Waals surface area (Å²) in [4.78, 5) is 5.46. The van der Waals surface area contributed by atoms with Crippen LogP contribution >= 0.6 is 10.7 Å². The third-order valence-corrected chi connectivity index (χ3v) is 0.738. The number of halogens is 1. The van der Waals surface area contributed by atoms with Gasteiger partial charge in [0.2, 0.25) is 0 Å². The first kappa shape index (κ1) is 7.16. The van der Waals surface area contributed by atoms with Gasteiger partial charge in [-0.2, -0.15) is 8.42 Å². The summed E-state index contributed by atoms with van der Waals surface area (Å²) in [6.07, 6.45) is 0. The van der Waals surface area contributed by atoms with Crippen LogP contribution in [0.1, 0.15) is 0 Å². The smallest absolute Gasteiger partial charge is 0.289 e. The molecule has 1 N–H and O–H groups in total. The molecule has 7 heavy (non-hydrogen) atoms. The molecule has 0 fully saturated rings. The molecule has 0 spiro atoms. The van der Waals surface area contributed by atoms with E-state index in [0.29, 0.717) is 0 Å². The van der Waals surface area contributed by atoms with E-state index in [9.17, 15) is 8.42 Å². The minimum Gasteiger partial charge on any atom is -0.289 e. The highest BCUT2D eigenvalue weighted by molar-refractivity contribution is 8.12. The molecule has 0 saturated carbocycles. The SMILES string of the molecule is CONS(=O)(=O)Cl. The summed E-state index contributed by atoms with van der Waals surface area (Å²) >= 11 is 0. The van der Waals surface area contributed by atoms with Crippen LogP contribution in [0.4, 0.5) is 0 Å². The van der Waals surface area contributed by atoms with Crippen LogP contribution in [-0.2, 0) is 14.1 Å². The van der Waals surface area contributed by atoms with Crippen LogP contribution < -0.4 is 4.89 Å². The molecular weight excluding hydrogens is 142 g/mol. The van der Waals surface area contributed by atoms with E-state index in [1.165, 1.54) is 4.89 Å². The average Bonchev–Trinajstić information content (AvgIpc) is 1.30. The number of hydrogen-bond acceptors (Lipinski definition) is 3. The highest BCUT2D eigenvalue weighted by Gasteiger charge is 1.98. The van der Waals surface area contributed by atoms with Gasteiger partial charge >= 0.3 is 9.24 Å². The molecule has 0 aliphatic heterocycles. The molecule has 44 valence electrons. The molecule has 0 unspecified atom stereocenters. The second-order valence-electron chi connectivity index (χ2n) is 0.725. The lowest BCUT2D eigenvalue weighted by atomic mass is 11.7. The zero-order valence-corrected chi connectivity index (χ0v) is 5.08. The van der Waals surface area contributed by atoms with Crippen molar-refractivity contribution in [2.45, 2.75) is 0 Å². The maximum Gasteiger partial charge on any atom is 0.319 e. The number of hydrogen-bond donors (Lipinski definition) is 1. The molecule has 0 aromatic carbocycles. The van der Waals surface area contributed by atoms with Crippen molar-refractivity contribution in [3.05, 3.63) is 0 Å². The normalized spacial score (nSPS) is 11.7. The number of rotatable bonds is 2. The minimum absolute atomic E-state index is 1.15. The molecule has 0 heterocycles. The van der Waals surface area contributed by atoms with Crippen LogP contribution in [0.15, 0.2) is 0 Å². The quantitative estimate of drug-likeness (QED) is 0.426. The highest BCUT2D eigenvalue weighted by atomic mass is 35.7. The van der Waals surface area contributed by atoms with E-state index >= 15 is 0 Å². The van der Waals surface area contributed by atoms with E-state index in [4.69, 9.17) is 0 Å². The van der Waals surface area contributed by atoms with Gasteiger partial charge in [-0.05, 0) is 0 Å². The molecule has 0 rings (SSSR count). The Morgan fingerprint density at radius 3 is 2.14 bits per heavy atom. The Bertz CT molecular complexity index is 128. The Kier molecular flexibility index (Phi) is 2.52. The first-order valence-corrected chi connectivity index (χ1v) is 3.61. The predicted molar refractivity (Wildman–Crippen MR) is 24.9 cm³/mol. The molecule has 6 heteroatoms. The Morgan fingerprint density at radius 2 is 2.14 bits per heavy atom. The summed E-state index contributed by atoms with van der Waals surface area (Å²) in [7, 11) is 2.05. The van der Waals surface area contributed by atoms with Crippen molar-refractivity contribution in [2.24, 2.45) is 0 Å². The molecule has 0 aromatic heterocycles. The molecular formula is CH4ClNO3S. The van der Waals surface area contributed by atoms with Crippen LogP contribution in [0.3, 0.4) is 0 Å². The lowest BCUT2D eigenvalue weighted by Crippen LogP contribution is -2.15. The maximum absolute atomic E-state index is 9.76. The molecule has 0 aromatic rings. The fourth-order valence-corrected chi connectivity index (χ4v) is 0.488. The molecule has 0 atom stereocenters. The van der Waals surface area contributed by atoms with Gasteiger partial charge in [-0.25, -0.2) is 0 Å². The Labute approximate surface area is 45.9 Å². The first-order chi connectivity index (χ1) is 3.06. The van der Waals surface area contributed by atoms with Gasteiger partial charge in [-0.3, -0.25) is 4.84 Å². The zero-order chi connectivity index (χ0) is 5.91. The van der Waals surface area contributed by atoms with E-state index in [-0.39, 0.29) is 0 Å². The largest absolute Gasteiger partial charge is 0.319 e. The van der Waals surface area contributed by atoms with Gasteiger partial charge < -0.3 is 0 Å². The van der Waals surface area contributed by atoms with Crippen molar-refractivity contribution in [1.82, 2.24) is 4.89 Å². The summed E-state index contributed by atoms with van der Waals surface area (Å²) in [5.41, 5.74) is 0. The lowest BCUT2D eigenvalue weighted by Gasteiger charge is -1.89. The van der Waals surface area contributed by atoms with E-state index in [1.54, 1.807) is 0 Å². The molecule has 0 bridgehead atoms. The van der Waals surface area contributed by atoms with Gasteiger partial charge in [0.25, 0.3) is 0 Å². The zero-order valence-electron chi connectivity index (χ0n) is 3.51. The average molecular weight is 146 g/mol. The van der Waals surface area contributed by atoms with Crippen molar-refractivity contribution in [2.75, 3.05) is 7.11 Å². The predicted octanol–water partition coefficient (Wildman–Crippen LogP) is -0.379. The molecule has 4 nitrogen and oxygen atoms in total. The van der Waals surface area contributed by atoms with Crippen LogP contribution in [0.2, 0.25) is 0 Å². The Balaban J connectivity index is 3.60. The Morgan fingerprint density at radius 1 is 1.71 bits per heavy atom.